The molecule has 0 aliphatic heterocycles. The molecule has 3 heteroatoms. The van der Waals surface area contributed by atoms with E-state index in [2.05, 4.69) is 17.5 Å². The topological polar surface area (TPSA) is 26.3 Å². The molecule has 1 heterocycles. The summed E-state index contributed by atoms with van der Waals surface area (Å²) in [6, 6.07) is 8.32. The fraction of sp³-hybridized carbons (Fsp3) is 0.500. The van der Waals surface area contributed by atoms with Gasteiger partial charge in [-0.25, -0.2) is 0 Å². The average molecular weight is 302 g/mol. The molecule has 112 valence electrons. The summed E-state index contributed by atoms with van der Waals surface area (Å²) in [7, 11) is 1.70. The number of ketones is 1. The van der Waals surface area contributed by atoms with E-state index in [1.165, 1.54) is 22.9 Å². The van der Waals surface area contributed by atoms with Crippen molar-refractivity contribution in [2.75, 3.05) is 7.11 Å². The van der Waals surface area contributed by atoms with Crippen molar-refractivity contribution in [3.05, 3.63) is 35.2 Å². The second-order valence-electron chi connectivity index (χ2n) is 5.97. The number of carbonyl (C=O) groups excluding carboxylic acids is 1. The van der Waals surface area contributed by atoms with Crippen LogP contribution in [0.15, 0.2) is 29.6 Å². The van der Waals surface area contributed by atoms with Crippen LogP contribution in [0.2, 0.25) is 0 Å². The van der Waals surface area contributed by atoms with E-state index >= 15 is 0 Å². The van der Waals surface area contributed by atoms with Gasteiger partial charge in [0.1, 0.15) is 5.60 Å². The highest BCUT2D eigenvalue weighted by Gasteiger charge is 2.38. The third-order valence-corrected chi connectivity index (χ3v) is 5.73. The molecule has 0 spiro atoms. The number of ether oxygens (including phenoxy) is 1. The summed E-state index contributed by atoms with van der Waals surface area (Å²) in [6.07, 6.45) is 6.90. The summed E-state index contributed by atoms with van der Waals surface area (Å²) < 4.78 is 6.99. The highest BCUT2D eigenvalue weighted by atomic mass is 32.1. The number of Topliss-reactive ketones (excluding diaryl/α,β-unsaturated/α-hetero) is 1. The van der Waals surface area contributed by atoms with E-state index in [1.807, 2.05) is 12.1 Å². The van der Waals surface area contributed by atoms with Crippen molar-refractivity contribution in [2.24, 2.45) is 0 Å². The van der Waals surface area contributed by atoms with Crippen LogP contribution < -0.4 is 0 Å². The van der Waals surface area contributed by atoms with Crippen LogP contribution in [0.4, 0.5) is 0 Å². The smallest absolute Gasteiger partial charge is 0.169 e. The first-order valence-electron chi connectivity index (χ1n) is 7.79. The Morgan fingerprint density at radius 2 is 1.90 bits per heavy atom. The summed E-state index contributed by atoms with van der Waals surface area (Å²) in [5, 5.41) is 3.35. The highest BCUT2D eigenvalue weighted by molar-refractivity contribution is 7.17. The Labute approximate surface area is 130 Å². The molecule has 21 heavy (non-hydrogen) atoms. The van der Waals surface area contributed by atoms with Crippen molar-refractivity contribution in [3.63, 3.8) is 0 Å². The van der Waals surface area contributed by atoms with Crippen LogP contribution in [-0.4, -0.2) is 18.5 Å². The van der Waals surface area contributed by atoms with E-state index in [-0.39, 0.29) is 5.78 Å². The van der Waals surface area contributed by atoms with Crippen LogP contribution in [0, 0.1) is 0 Å². The number of fused-ring (bicyclic) bond motifs is 1. The number of benzene rings is 1. The van der Waals surface area contributed by atoms with E-state index < -0.39 is 5.60 Å². The van der Waals surface area contributed by atoms with E-state index in [0.29, 0.717) is 6.42 Å². The number of thiophene rings is 1. The lowest BCUT2D eigenvalue weighted by Crippen LogP contribution is -2.41. The zero-order valence-corrected chi connectivity index (χ0v) is 13.4. The molecular formula is C18H22O2S. The molecule has 3 rings (SSSR count). The number of carbonyl (C=O) groups is 1. The maximum absolute atomic E-state index is 12.9. The molecular weight excluding hydrogens is 280 g/mol. The molecule has 0 unspecified atom stereocenters. The standard InChI is InChI=1S/C18H22O2S/c1-20-18(10-6-2-3-7-11-18)17(19)12-14-13-21-16-9-5-4-8-15(14)16/h4-5,8-9,13H,2-3,6-7,10-12H2,1H3. The SMILES string of the molecule is COC1(C(=O)Cc2csc3ccccc23)CCCCCC1. The lowest BCUT2D eigenvalue weighted by atomic mass is 9.86. The summed E-state index contributed by atoms with van der Waals surface area (Å²) in [5.74, 6) is 0.260. The van der Waals surface area contributed by atoms with Crippen LogP contribution >= 0.6 is 11.3 Å². The fourth-order valence-corrected chi connectivity index (χ4v) is 4.36. The van der Waals surface area contributed by atoms with Crippen LogP contribution in [0.5, 0.6) is 0 Å². The summed E-state index contributed by atoms with van der Waals surface area (Å²) in [5.41, 5.74) is 0.612. The molecule has 1 aliphatic carbocycles. The average Bonchev–Trinajstić information content (AvgIpc) is 2.76. The first kappa shape index (κ1) is 14.7. The summed E-state index contributed by atoms with van der Waals surface area (Å²) in [6.45, 7) is 0. The van der Waals surface area contributed by atoms with Gasteiger partial charge < -0.3 is 4.74 Å². The monoisotopic (exact) mass is 302 g/mol. The third kappa shape index (κ3) is 2.90. The maximum atomic E-state index is 12.9. The molecule has 1 aliphatic rings. The van der Waals surface area contributed by atoms with Gasteiger partial charge in [0.05, 0.1) is 0 Å². The Kier molecular flexibility index (Phi) is 4.41. The van der Waals surface area contributed by atoms with Crippen molar-refractivity contribution < 1.29 is 9.53 Å². The number of hydrogen-bond acceptors (Lipinski definition) is 3. The van der Waals surface area contributed by atoms with Crippen molar-refractivity contribution in [1.82, 2.24) is 0 Å². The quantitative estimate of drug-likeness (QED) is 0.762. The lowest BCUT2D eigenvalue weighted by Gasteiger charge is -2.29. The molecule has 0 N–H and O–H groups in total. The van der Waals surface area contributed by atoms with Crippen molar-refractivity contribution >= 4 is 27.2 Å². The largest absolute Gasteiger partial charge is 0.370 e. The Balaban J connectivity index is 1.84. The second kappa shape index (κ2) is 6.29. The van der Waals surface area contributed by atoms with E-state index in [1.54, 1.807) is 18.4 Å². The molecule has 0 amide bonds. The van der Waals surface area contributed by atoms with Gasteiger partial charge in [0.15, 0.2) is 5.78 Å². The minimum Gasteiger partial charge on any atom is -0.370 e. The molecule has 1 saturated carbocycles. The van der Waals surface area contributed by atoms with Gasteiger partial charge in [-0.05, 0) is 35.2 Å². The van der Waals surface area contributed by atoms with Crippen LogP contribution in [-0.2, 0) is 16.0 Å². The van der Waals surface area contributed by atoms with Gasteiger partial charge in [-0.1, -0.05) is 43.9 Å². The Bertz CT molecular complexity index is 621. The van der Waals surface area contributed by atoms with Gasteiger partial charge in [-0.2, -0.15) is 0 Å². The Hall–Kier alpha value is -1.19. The zero-order valence-electron chi connectivity index (χ0n) is 12.6. The molecule has 0 atom stereocenters. The van der Waals surface area contributed by atoms with E-state index in [0.717, 1.165) is 31.2 Å². The molecule has 1 fully saturated rings. The lowest BCUT2D eigenvalue weighted by molar-refractivity contribution is -0.142. The van der Waals surface area contributed by atoms with E-state index in [9.17, 15) is 4.79 Å². The second-order valence-corrected chi connectivity index (χ2v) is 6.88. The van der Waals surface area contributed by atoms with Crippen LogP contribution in [0.1, 0.15) is 44.1 Å². The van der Waals surface area contributed by atoms with Crippen LogP contribution in [0.3, 0.4) is 0 Å². The summed E-state index contributed by atoms with van der Waals surface area (Å²) >= 11 is 1.72. The maximum Gasteiger partial charge on any atom is 0.169 e. The molecule has 2 nitrogen and oxygen atoms in total. The zero-order chi connectivity index (χ0) is 14.7. The van der Waals surface area contributed by atoms with E-state index in [4.69, 9.17) is 4.74 Å². The fourth-order valence-electron chi connectivity index (χ4n) is 3.40. The van der Waals surface area contributed by atoms with Crippen LogP contribution in [0.25, 0.3) is 10.1 Å². The van der Waals surface area contributed by atoms with Gasteiger partial charge >= 0.3 is 0 Å². The molecule has 1 aromatic carbocycles. The van der Waals surface area contributed by atoms with Gasteiger partial charge in [-0.3, -0.25) is 4.79 Å². The number of methoxy groups -OCH3 is 1. The van der Waals surface area contributed by atoms with Gasteiger partial charge in [0, 0.05) is 18.2 Å². The number of hydrogen-bond donors (Lipinski definition) is 0. The van der Waals surface area contributed by atoms with Gasteiger partial charge in [0.25, 0.3) is 0 Å². The molecule has 2 aromatic rings. The normalized spacial score (nSPS) is 18.5. The first-order chi connectivity index (χ1) is 10.2. The molecule has 0 bridgehead atoms. The Morgan fingerprint density at radius 3 is 2.62 bits per heavy atom. The minimum absolute atomic E-state index is 0.260. The molecule has 0 radical (unpaired) electrons. The van der Waals surface area contributed by atoms with Crippen molar-refractivity contribution in [3.8, 4) is 0 Å². The predicted molar refractivity (Wildman–Crippen MR) is 88.0 cm³/mol. The summed E-state index contributed by atoms with van der Waals surface area (Å²) in [4.78, 5) is 12.9. The van der Waals surface area contributed by atoms with Gasteiger partial charge in [-0.15, -0.1) is 11.3 Å². The van der Waals surface area contributed by atoms with Gasteiger partial charge in [0.2, 0.25) is 0 Å². The third-order valence-electron chi connectivity index (χ3n) is 4.72. The first-order valence-corrected chi connectivity index (χ1v) is 8.67. The number of rotatable bonds is 4. The molecule has 0 saturated heterocycles. The Morgan fingerprint density at radius 1 is 1.19 bits per heavy atom. The predicted octanol–water partition coefficient (Wildman–Crippen LogP) is 4.75. The minimum atomic E-state index is -0.542. The highest BCUT2D eigenvalue weighted by Crippen LogP contribution is 2.33. The molecule has 1 aromatic heterocycles. The van der Waals surface area contributed by atoms with Crippen molar-refractivity contribution in [1.29, 1.82) is 0 Å². The van der Waals surface area contributed by atoms with Crippen molar-refractivity contribution in [2.45, 2.75) is 50.5 Å².